The highest BCUT2D eigenvalue weighted by Crippen LogP contribution is 2.39. The zero-order valence-electron chi connectivity index (χ0n) is 25.8. The van der Waals surface area contributed by atoms with E-state index >= 15 is 0 Å². The average Bonchev–Trinajstić information content (AvgIpc) is 3.67. The summed E-state index contributed by atoms with van der Waals surface area (Å²) in [6.45, 7) is 0. The molecule has 4 nitrogen and oxygen atoms in total. The Hall–Kier alpha value is -6.88. The Morgan fingerprint density at radius 2 is 0.958 bits per heavy atom. The molecule has 0 aliphatic heterocycles. The molecule has 222 valence electrons. The first-order chi connectivity index (χ1) is 23.7. The third kappa shape index (κ3) is 4.14. The van der Waals surface area contributed by atoms with Gasteiger partial charge in [0.05, 0.1) is 51.0 Å². The molecule has 7 aromatic carbocycles. The number of benzene rings is 7. The maximum absolute atomic E-state index is 10.3. The molecule has 9 aromatic rings. The first-order valence-electron chi connectivity index (χ1n) is 15.9. The third-order valence-electron chi connectivity index (χ3n) is 9.42. The lowest BCUT2D eigenvalue weighted by molar-refractivity contribution is 1.18. The minimum atomic E-state index is 0.630. The second-order valence-electron chi connectivity index (χ2n) is 12.0. The first kappa shape index (κ1) is 27.4. The van der Waals surface area contributed by atoms with Crippen LogP contribution in [-0.4, -0.2) is 9.13 Å². The normalized spacial score (nSPS) is 11.3. The van der Waals surface area contributed by atoms with Crippen LogP contribution in [-0.2, 0) is 0 Å². The second kappa shape index (κ2) is 10.9. The largest absolute Gasteiger partial charge is 0.309 e. The molecule has 0 amide bonds. The van der Waals surface area contributed by atoms with Crippen LogP contribution in [0.1, 0.15) is 11.1 Å². The lowest BCUT2D eigenvalue weighted by Gasteiger charge is -2.16. The van der Waals surface area contributed by atoms with Crippen LogP contribution in [0.2, 0.25) is 0 Å². The van der Waals surface area contributed by atoms with Gasteiger partial charge in [0.15, 0.2) is 0 Å². The summed E-state index contributed by atoms with van der Waals surface area (Å²) in [5, 5.41) is 24.4. The number of fused-ring (bicyclic) bond motifs is 6. The number of rotatable bonds is 4. The van der Waals surface area contributed by atoms with Crippen molar-refractivity contribution >= 4 is 43.6 Å². The van der Waals surface area contributed by atoms with Gasteiger partial charge in [0.25, 0.3) is 0 Å². The maximum atomic E-state index is 10.3. The Labute approximate surface area is 277 Å². The van der Waals surface area contributed by atoms with Gasteiger partial charge in [-0.3, -0.25) is 0 Å². The number of para-hydroxylation sites is 4. The van der Waals surface area contributed by atoms with Gasteiger partial charge in [0.1, 0.15) is 0 Å². The van der Waals surface area contributed by atoms with E-state index in [0.717, 1.165) is 66.5 Å². The van der Waals surface area contributed by atoms with Crippen molar-refractivity contribution in [3.05, 3.63) is 169 Å². The smallest absolute Gasteiger partial charge is 0.0998 e. The topological polar surface area (TPSA) is 57.4 Å². The van der Waals surface area contributed by atoms with Crippen molar-refractivity contribution in [1.82, 2.24) is 9.13 Å². The van der Waals surface area contributed by atoms with Crippen LogP contribution in [0.15, 0.2) is 158 Å². The van der Waals surface area contributed by atoms with Crippen LogP contribution in [0.3, 0.4) is 0 Å². The molecule has 0 saturated carbocycles. The van der Waals surface area contributed by atoms with Gasteiger partial charge in [-0.05, 0) is 77.9 Å². The van der Waals surface area contributed by atoms with Crippen molar-refractivity contribution in [2.75, 3.05) is 0 Å². The zero-order chi connectivity index (χ0) is 32.2. The standard InChI is InChI=1S/C44H26N4/c45-27-29-17-24-44-39(25-29)37-12-4-5-13-40(37)47(44)33-22-20-30(21-23-33)31-18-19-32(28-46)38(26-31)36-11-3-8-16-43(36)48-41-14-6-1-9-34(41)35-10-2-7-15-42(35)48/h1-26H. The molecule has 0 unspecified atom stereocenters. The van der Waals surface area contributed by atoms with Crippen LogP contribution in [0.5, 0.6) is 0 Å². The van der Waals surface area contributed by atoms with E-state index in [1.165, 1.54) is 10.8 Å². The van der Waals surface area contributed by atoms with Crippen LogP contribution in [0.4, 0.5) is 0 Å². The fourth-order valence-electron chi connectivity index (χ4n) is 7.25. The first-order valence-corrected chi connectivity index (χ1v) is 15.9. The molecule has 48 heavy (non-hydrogen) atoms. The van der Waals surface area contributed by atoms with Gasteiger partial charge in [-0.1, -0.05) is 91.0 Å². The van der Waals surface area contributed by atoms with Gasteiger partial charge in [-0.15, -0.1) is 0 Å². The zero-order valence-corrected chi connectivity index (χ0v) is 25.8. The van der Waals surface area contributed by atoms with Gasteiger partial charge in [0.2, 0.25) is 0 Å². The third-order valence-corrected chi connectivity index (χ3v) is 9.42. The summed E-state index contributed by atoms with van der Waals surface area (Å²) in [5.74, 6) is 0. The van der Waals surface area contributed by atoms with E-state index in [4.69, 9.17) is 0 Å². The number of hydrogen-bond acceptors (Lipinski definition) is 2. The minimum Gasteiger partial charge on any atom is -0.309 e. The molecule has 9 rings (SSSR count). The fraction of sp³-hybridized carbons (Fsp3) is 0. The molecule has 0 aliphatic rings. The molecule has 0 aliphatic carbocycles. The van der Waals surface area contributed by atoms with Crippen molar-refractivity contribution in [1.29, 1.82) is 10.5 Å². The Bertz CT molecular complexity index is 2750. The molecule has 0 spiro atoms. The summed E-state index contributed by atoms with van der Waals surface area (Å²) < 4.78 is 4.57. The number of aromatic nitrogens is 2. The lowest BCUT2D eigenvalue weighted by atomic mass is 9.94. The van der Waals surface area contributed by atoms with Gasteiger partial charge in [-0.2, -0.15) is 10.5 Å². The van der Waals surface area contributed by atoms with Crippen LogP contribution >= 0.6 is 0 Å². The molecule has 0 radical (unpaired) electrons. The summed E-state index contributed by atoms with van der Waals surface area (Å²) in [4.78, 5) is 0. The highest BCUT2D eigenvalue weighted by atomic mass is 15.0. The van der Waals surface area contributed by atoms with Gasteiger partial charge < -0.3 is 9.13 Å². The Balaban J connectivity index is 1.18. The highest BCUT2D eigenvalue weighted by Gasteiger charge is 2.18. The Morgan fingerprint density at radius 1 is 0.396 bits per heavy atom. The van der Waals surface area contributed by atoms with Crippen molar-refractivity contribution in [2.24, 2.45) is 0 Å². The lowest BCUT2D eigenvalue weighted by Crippen LogP contribution is -1.98. The summed E-state index contributed by atoms with van der Waals surface area (Å²) in [6, 6.07) is 59.0. The Morgan fingerprint density at radius 3 is 1.62 bits per heavy atom. The summed E-state index contributed by atoms with van der Waals surface area (Å²) >= 11 is 0. The molecule has 0 N–H and O–H groups in total. The van der Waals surface area contributed by atoms with Crippen molar-refractivity contribution < 1.29 is 0 Å². The minimum absolute atomic E-state index is 0.630. The number of hydrogen-bond donors (Lipinski definition) is 0. The molecule has 0 bridgehead atoms. The number of nitriles is 2. The molecule has 4 heteroatoms. The van der Waals surface area contributed by atoms with E-state index < -0.39 is 0 Å². The van der Waals surface area contributed by atoms with Crippen molar-refractivity contribution in [2.45, 2.75) is 0 Å². The molecular formula is C44H26N4. The van der Waals surface area contributed by atoms with E-state index in [0.29, 0.717) is 11.1 Å². The van der Waals surface area contributed by atoms with E-state index in [9.17, 15) is 10.5 Å². The summed E-state index contributed by atoms with van der Waals surface area (Å²) in [5.41, 5.74) is 11.8. The summed E-state index contributed by atoms with van der Waals surface area (Å²) in [6.07, 6.45) is 0. The number of nitrogens with zero attached hydrogens (tertiary/aromatic N) is 4. The van der Waals surface area contributed by atoms with Gasteiger partial charge in [-0.25, -0.2) is 0 Å². The van der Waals surface area contributed by atoms with E-state index in [2.05, 4.69) is 130 Å². The molecule has 0 atom stereocenters. The average molecular weight is 611 g/mol. The second-order valence-corrected chi connectivity index (χ2v) is 12.0. The van der Waals surface area contributed by atoms with Gasteiger partial charge in [0, 0.05) is 38.4 Å². The van der Waals surface area contributed by atoms with Crippen LogP contribution < -0.4 is 0 Å². The van der Waals surface area contributed by atoms with Crippen molar-refractivity contribution in [3.8, 4) is 45.8 Å². The van der Waals surface area contributed by atoms with E-state index in [1.807, 2.05) is 48.5 Å². The molecule has 2 aromatic heterocycles. The predicted molar refractivity (Wildman–Crippen MR) is 195 cm³/mol. The molecule has 2 heterocycles. The maximum Gasteiger partial charge on any atom is 0.0998 e. The fourth-order valence-corrected chi connectivity index (χ4v) is 7.25. The SMILES string of the molecule is N#Cc1ccc2c(c1)c1ccccc1n2-c1ccc(-c2ccc(C#N)c(-c3ccccc3-n3c4ccccc4c4ccccc43)c2)cc1. The van der Waals surface area contributed by atoms with E-state index in [1.54, 1.807) is 0 Å². The monoisotopic (exact) mass is 610 g/mol. The van der Waals surface area contributed by atoms with Crippen LogP contribution in [0, 0.1) is 22.7 Å². The van der Waals surface area contributed by atoms with E-state index in [-0.39, 0.29) is 0 Å². The molecule has 0 fully saturated rings. The summed E-state index contributed by atoms with van der Waals surface area (Å²) in [7, 11) is 0. The highest BCUT2D eigenvalue weighted by molar-refractivity contribution is 6.10. The Kier molecular flexibility index (Phi) is 6.22. The molecular weight excluding hydrogens is 585 g/mol. The van der Waals surface area contributed by atoms with Crippen molar-refractivity contribution in [3.63, 3.8) is 0 Å². The quantitative estimate of drug-likeness (QED) is 0.199. The van der Waals surface area contributed by atoms with Crippen LogP contribution in [0.25, 0.3) is 77.2 Å². The molecule has 0 saturated heterocycles. The predicted octanol–water partition coefficient (Wildman–Crippen LogP) is 11.0. The van der Waals surface area contributed by atoms with Gasteiger partial charge >= 0.3 is 0 Å².